The highest BCUT2D eigenvalue weighted by Crippen LogP contribution is 2.17. The Morgan fingerprint density at radius 3 is 2.41 bits per heavy atom. The SMILES string of the molecule is C[C@H](NCc1ccccc1)c1cccc(-c2ccccn2)n1. The minimum absolute atomic E-state index is 0.184. The molecule has 3 aromatic rings. The molecule has 0 fully saturated rings. The van der Waals surface area contributed by atoms with Gasteiger partial charge < -0.3 is 5.32 Å². The fraction of sp³-hybridized carbons (Fsp3) is 0.158. The summed E-state index contributed by atoms with van der Waals surface area (Å²) in [7, 11) is 0. The van der Waals surface area contributed by atoms with Crippen LogP contribution in [0.3, 0.4) is 0 Å². The van der Waals surface area contributed by atoms with Crippen LogP contribution in [0.15, 0.2) is 72.9 Å². The van der Waals surface area contributed by atoms with E-state index in [9.17, 15) is 0 Å². The van der Waals surface area contributed by atoms with E-state index < -0.39 is 0 Å². The van der Waals surface area contributed by atoms with Gasteiger partial charge in [-0.1, -0.05) is 42.5 Å². The third kappa shape index (κ3) is 3.57. The maximum atomic E-state index is 4.73. The quantitative estimate of drug-likeness (QED) is 0.771. The van der Waals surface area contributed by atoms with Gasteiger partial charge in [-0.3, -0.25) is 4.98 Å². The molecule has 3 nitrogen and oxygen atoms in total. The van der Waals surface area contributed by atoms with Gasteiger partial charge >= 0.3 is 0 Å². The summed E-state index contributed by atoms with van der Waals surface area (Å²) in [6.07, 6.45) is 1.79. The van der Waals surface area contributed by atoms with Crippen LogP contribution in [-0.4, -0.2) is 9.97 Å². The predicted molar refractivity (Wildman–Crippen MR) is 89.2 cm³/mol. The monoisotopic (exact) mass is 289 g/mol. The summed E-state index contributed by atoms with van der Waals surface area (Å²) >= 11 is 0. The van der Waals surface area contributed by atoms with Gasteiger partial charge in [0, 0.05) is 18.8 Å². The molecule has 0 unspecified atom stereocenters. The first kappa shape index (κ1) is 14.4. The van der Waals surface area contributed by atoms with E-state index in [0.29, 0.717) is 0 Å². The number of nitrogens with zero attached hydrogens (tertiary/aromatic N) is 2. The lowest BCUT2D eigenvalue weighted by molar-refractivity contribution is 0.562. The van der Waals surface area contributed by atoms with Gasteiger partial charge in [0.2, 0.25) is 0 Å². The first-order valence-electron chi connectivity index (χ1n) is 7.48. The van der Waals surface area contributed by atoms with Gasteiger partial charge in [0.25, 0.3) is 0 Å². The summed E-state index contributed by atoms with van der Waals surface area (Å²) in [5.41, 5.74) is 4.11. The second-order valence-electron chi connectivity index (χ2n) is 5.25. The number of rotatable bonds is 5. The molecule has 1 atom stereocenters. The summed E-state index contributed by atoms with van der Waals surface area (Å²) in [4.78, 5) is 9.09. The van der Waals surface area contributed by atoms with Gasteiger partial charge in [-0.25, -0.2) is 4.98 Å². The minimum Gasteiger partial charge on any atom is -0.305 e. The third-order valence-corrected chi connectivity index (χ3v) is 3.60. The van der Waals surface area contributed by atoms with Crippen molar-refractivity contribution in [3.05, 3.63) is 84.2 Å². The molecular weight excluding hydrogens is 270 g/mol. The Bertz CT molecular complexity index is 711. The van der Waals surface area contributed by atoms with Crippen LogP contribution < -0.4 is 5.32 Å². The molecule has 1 N–H and O–H groups in total. The minimum atomic E-state index is 0.184. The summed E-state index contributed by atoms with van der Waals surface area (Å²) in [6.45, 7) is 2.96. The van der Waals surface area contributed by atoms with Crippen LogP contribution in [0.5, 0.6) is 0 Å². The smallest absolute Gasteiger partial charge is 0.0890 e. The molecule has 0 radical (unpaired) electrons. The fourth-order valence-electron chi connectivity index (χ4n) is 2.32. The lowest BCUT2D eigenvalue weighted by atomic mass is 10.1. The van der Waals surface area contributed by atoms with Crippen LogP contribution >= 0.6 is 0 Å². The molecular formula is C19H19N3. The van der Waals surface area contributed by atoms with Crippen molar-refractivity contribution < 1.29 is 0 Å². The topological polar surface area (TPSA) is 37.8 Å². The molecule has 0 saturated heterocycles. The maximum absolute atomic E-state index is 4.73. The second-order valence-corrected chi connectivity index (χ2v) is 5.25. The van der Waals surface area contributed by atoms with E-state index in [0.717, 1.165) is 23.6 Å². The molecule has 110 valence electrons. The zero-order valence-electron chi connectivity index (χ0n) is 12.6. The third-order valence-electron chi connectivity index (χ3n) is 3.60. The van der Waals surface area contributed by atoms with E-state index in [4.69, 9.17) is 4.98 Å². The largest absolute Gasteiger partial charge is 0.305 e. The lowest BCUT2D eigenvalue weighted by Gasteiger charge is -2.14. The van der Waals surface area contributed by atoms with Gasteiger partial charge in [-0.05, 0) is 36.8 Å². The second kappa shape index (κ2) is 6.96. The molecule has 0 aliphatic heterocycles. The summed E-state index contributed by atoms with van der Waals surface area (Å²) in [6, 6.07) is 22.5. The van der Waals surface area contributed by atoms with E-state index in [1.54, 1.807) is 6.20 Å². The standard InChI is InChI=1S/C19H19N3/c1-15(21-14-16-8-3-2-4-9-16)17-11-7-12-19(22-17)18-10-5-6-13-20-18/h2-13,15,21H,14H2,1H3/t15-/m0/s1. The summed E-state index contributed by atoms with van der Waals surface area (Å²) < 4.78 is 0. The number of hydrogen-bond acceptors (Lipinski definition) is 3. The molecule has 0 saturated carbocycles. The van der Waals surface area contributed by atoms with Crippen molar-refractivity contribution in [2.24, 2.45) is 0 Å². The first-order chi connectivity index (χ1) is 10.8. The van der Waals surface area contributed by atoms with Crippen molar-refractivity contribution in [2.75, 3.05) is 0 Å². The number of hydrogen-bond donors (Lipinski definition) is 1. The van der Waals surface area contributed by atoms with Crippen molar-refractivity contribution >= 4 is 0 Å². The lowest BCUT2D eigenvalue weighted by Crippen LogP contribution is -2.19. The normalized spacial score (nSPS) is 12.0. The van der Waals surface area contributed by atoms with Crippen molar-refractivity contribution in [3.63, 3.8) is 0 Å². The highest BCUT2D eigenvalue weighted by Gasteiger charge is 2.08. The Labute approximate surface area is 131 Å². The summed E-state index contributed by atoms with van der Waals surface area (Å²) in [5.74, 6) is 0. The fourth-order valence-corrected chi connectivity index (χ4v) is 2.32. The molecule has 3 heteroatoms. The number of benzene rings is 1. The van der Waals surface area contributed by atoms with Crippen LogP contribution in [0.2, 0.25) is 0 Å². The molecule has 1 aromatic carbocycles. The zero-order valence-corrected chi connectivity index (χ0v) is 12.6. The van der Waals surface area contributed by atoms with Crippen LogP contribution in [0.4, 0.5) is 0 Å². The van der Waals surface area contributed by atoms with Crippen molar-refractivity contribution in [1.29, 1.82) is 0 Å². The van der Waals surface area contributed by atoms with Crippen LogP contribution in [0.25, 0.3) is 11.4 Å². The van der Waals surface area contributed by atoms with Crippen molar-refractivity contribution in [1.82, 2.24) is 15.3 Å². The van der Waals surface area contributed by atoms with E-state index in [1.165, 1.54) is 5.56 Å². The van der Waals surface area contributed by atoms with Gasteiger partial charge in [-0.2, -0.15) is 0 Å². The van der Waals surface area contributed by atoms with Gasteiger partial charge in [-0.15, -0.1) is 0 Å². The van der Waals surface area contributed by atoms with Crippen LogP contribution in [0.1, 0.15) is 24.2 Å². The molecule has 3 rings (SSSR count). The number of aromatic nitrogens is 2. The molecule has 0 bridgehead atoms. The van der Waals surface area contributed by atoms with Gasteiger partial charge in [0.1, 0.15) is 0 Å². The Hall–Kier alpha value is -2.52. The molecule has 22 heavy (non-hydrogen) atoms. The average Bonchev–Trinajstić information content (AvgIpc) is 2.61. The predicted octanol–water partition coefficient (Wildman–Crippen LogP) is 3.99. The summed E-state index contributed by atoms with van der Waals surface area (Å²) in [5, 5.41) is 3.51. The molecule has 0 aliphatic rings. The van der Waals surface area contributed by atoms with Crippen molar-refractivity contribution in [3.8, 4) is 11.4 Å². The molecule has 0 aliphatic carbocycles. The maximum Gasteiger partial charge on any atom is 0.0890 e. The zero-order chi connectivity index (χ0) is 15.2. The Balaban J connectivity index is 1.72. The molecule has 0 spiro atoms. The first-order valence-corrected chi connectivity index (χ1v) is 7.48. The van der Waals surface area contributed by atoms with E-state index in [1.807, 2.05) is 36.4 Å². The Kier molecular flexibility index (Phi) is 4.56. The van der Waals surface area contributed by atoms with E-state index in [2.05, 4.69) is 47.6 Å². The van der Waals surface area contributed by atoms with E-state index >= 15 is 0 Å². The average molecular weight is 289 g/mol. The van der Waals surface area contributed by atoms with Crippen LogP contribution in [-0.2, 0) is 6.54 Å². The van der Waals surface area contributed by atoms with Crippen LogP contribution in [0, 0.1) is 0 Å². The number of nitrogens with one attached hydrogen (secondary N) is 1. The molecule has 2 aromatic heterocycles. The molecule has 2 heterocycles. The van der Waals surface area contributed by atoms with E-state index in [-0.39, 0.29) is 6.04 Å². The molecule has 0 amide bonds. The Morgan fingerprint density at radius 2 is 1.64 bits per heavy atom. The highest BCUT2D eigenvalue weighted by molar-refractivity contribution is 5.53. The van der Waals surface area contributed by atoms with Crippen molar-refractivity contribution in [2.45, 2.75) is 19.5 Å². The number of pyridine rings is 2. The van der Waals surface area contributed by atoms with Gasteiger partial charge in [0.05, 0.1) is 17.1 Å². The highest BCUT2D eigenvalue weighted by atomic mass is 14.9. The Morgan fingerprint density at radius 1 is 0.864 bits per heavy atom. The van der Waals surface area contributed by atoms with Gasteiger partial charge in [0.15, 0.2) is 0 Å².